The maximum absolute atomic E-state index is 12.3. The predicted molar refractivity (Wildman–Crippen MR) is 133 cm³/mol. The van der Waals surface area contributed by atoms with E-state index < -0.39 is 136 Å². The van der Waals surface area contributed by atoms with Crippen LogP contribution in [-0.2, 0) is 33.3 Å². The highest BCUT2D eigenvalue weighted by Gasteiger charge is 2.56. The van der Waals surface area contributed by atoms with Gasteiger partial charge in [0, 0.05) is 19.3 Å². The van der Waals surface area contributed by atoms with Gasteiger partial charge in [-0.1, -0.05) is 6.92 Å². The number of carbonyl (C=O) groups is 2. The van der Waals surface area contributed by atoms with E-state index in [0.717, 1.165) is 6.92 Å². The van der Waals surface area contributed by atoms with Crippen LogP contribution in [-0.4, -0.2) is 179 Å². The van der Waals surface area contributed by atoms with Crippen LogP contribution >= 0.6 is 0 Å². The van der Waals surface area contributed by atoms with Crippen molar-refractivity contribution in [1.82, 2.24) is 5.32 Å². The molecule has 0 radical (unpaired) electrons. The van der Waals surface area contributed by atoms with E-state index in [1.165, 1.54) is 6.92 Å². The zero-order valence-electron chi connectivity index (χ0n) is 23.3. The van der Waals surface area contributed by atoms with Gasteiger partial charge in [-0.3, -0.25) is 4.79 Å². The zero-order chi connectivity index (χ0) is 32.4. The summed E-state index contributed by atoms with van der Waals surface area (Å²) in [5.74, 6) is -6.04. The molecule has 3 fully saturated rings. The standard InChI is InChI=1S/C24H41NO18/c1-7-9(29)3-24(23(37)38,43-19(7)14(31)10(30)4-26)39-6-12-15(32)17(34)18(35)22(41-12)42-20-11(5-27)40-21(36)13(16(20)33)25-8(2)28/h7,9-22,26-27,29-36H,3-6H2,1-2H3,(H,25,28)(H,37,38)/t7-,9-,10-,11?,12?,13?,14-,15+,16-,17+,18?,19?,20-,21-,22+,24-/m1/s1. The van der Waals surface area contributed by atoms with Crippen LogP contribution in [0.4, 0.5) is 0 Å². The lowest BCUT2D eigenvalue weighted by atomic mass is 9.84. The van der Waals surface area contributed by atoms with Crippen LogP contribution < -0.4 is 5.32 Å². The molecule has 1 amide bonds. The molecule has 250 valence electrons. The van der Waals surface area contributed by atoms with Crippen molar-refractivity contribution in [1.29, 1.82) is 0 Å². The van der Waals surface area contributed by atoms with Gasteiger partial charge in [0.25, 0.3) is 5.79 Å². The Morgan fingerprint density at radius 1 is 0.977 bits per heavy atom. The van der Waals surface area contributed by atoms with Crippen molar-refractivity contribution in [2.45, 2.75) is 112 Å². The highest BCUT2D eigenvalue weighted by atomic mass is 16.8. The quantitative estimate of drug-likeness (QED) is 0.101. The lowest BCUT2D eigenvalue weighted by Gasteiger charge is -2.47. The van der Waals surface area contributed by atoms with Crippen LogP contribution in [0, 0.1) is 5.92 Å². The Labute approximate surface area is 244 Å². The summed E-state index contributed by atoms with van der Waals surface area (Å²) in [6.45, 7) is -0.105. The van der Waals surface area contributed by atoms with Gasteiger partial charge < -0.3 is 85.2 Å². The minimum absolute atomic E-state index is 0.657. The van der Waals surface area contributed by atoms with E-state index in [2.05, 4.69) is 5.32 Å². The van der Waals surface area contributed by atoms with Gasteiger partial charge in [-0.15, -0.1) is 0 Å². The third-order valence-electron chi connectivity index (χ3n) is 7.86. The molecule has 0 spiro atoms. The molecule has 0 aromatic rings. The van der Waals surface area contributed by atoms with Crippen LogP contribution in [0.2, 0.25) is 0 Å². The Morgan fingerprint density at radius 3 is 2.19 bits per heavy atom. The fourth-order valence-electron chi connectivity index (χ4n) is 5.23. The number of carboxylic acid groups (broad SMARTS) is 1. The van der Waals surface area contributed by atoms with Crippen molar-refractivity contribution in [2.24, 2.45) is 5.92 Å². The molecule has 0 aliphatic carbocycles. The summed E-state index contributed by atoms with van der Waals surface area (Å²) < 4.78 is 27.3. The molecule has 0 aromatic carbocycles. The predicted octanol–water partition coefficient (Wildman–Crippen LogP) is -6.95. The van der Waals surface area contributed by atoms with Crippen molar-refractivity contribution in [2.75, 3.05) is 19.8 Å². The van der Waals surface area contributed by atoms with E-state index in [0.29, 0.717) is 0 Å². The molecule has 3 aliphatic rings. The number of nitrogens with one attached hydrogen (secondary N) is 1. The van der Waals surface area contributed by atoms with E-state index in [-0.39, 0.29) is 0 Å². The summed E-state index contributed by atoms with van der Waals surface area (Å²) in [6, 6.07) is -1.44. The minimum Gasteiger partial charge on any atom is -0.477 e. The molecule has 3 saturated heterocycles. The molecule has 3 rings (SSSR count). The second-order valence-corrected chi connectivity index (χ2v) is 10.9. The summed E-state index contributed by atoms with van der Waals surface area (Å²) in [4.78, 5) is 23.8. The summed E-state index contributed by atoms with van der Waals surface area (Å²) in [6.07, 6.45) is -23.2. The first-order chi connectivity index (χ1) is 20.1. The third kappa shape index (κ3) is 7.60. The van der Waals surface area contributed by atoms with Crippen molar-refractivity contribution in [3.05, 3.63) is 0 Å². The van der Waals surface area contributed by atoms with E-state index in [1.807, 2.05) is 0 Å². The van der Waals surface area contributed by atoms with Gasteiger partial charge in [0.05, 0.1) is 32.0 Å². The smallest absolute Gasteiger partial charge is 0.364 e. The molecule has 16 atom stereocenters. The highest BCUT2D eigenvalue weighted by molar-refractivity contribution is 5.76. The number of carboxylic acids is 1. The van der Waals surface area contributed by atoms with Crippen molar-refractivity contribution < 1.29 is 89.4 Å². The summed E-state index contributed by atoms with van der Waals surface area (Å²) >= 11 is 0. The SMILES string of the molecule is CC(=O)NC1[C@H](O)OC(CO)[C@@H](O[C@@H]2OC(CO[C@]3(C(=O)O)C[C@@H](O)[C@@H](C)C([C@H](O)[C@H](O)CO)O3)[C@H](O)[C@H](O)C2O)[C@@H]1O. The first kappa shape index (κ1) is 35.8. The molecule has 3 aliphatic heterocycles. The number of hydrogen-bond donors (Lipinski definition) is 12. The molecule has 0 aromatic heterocycles. The van der Waals surface area contributed by atoms with Gasteiger partial charge in [0.15, 0.2) is 12.6 Å². The van der Waals surface area contributed by atoms with Crippen LogP contribution in [0.3, 0.4) is 0 Å². The Balaban J connectivity index is 1.79. The first-order valence-corrected chi connectivity index (χ1v) is 13.5. The molecule has 3 heterocycles. The highest BCUT2D eigenvalue weighted by Crippen LogP contribution is 2.37. The fraction of sp³-hybridized carbons (Fsp3) is 0.917. The number of aliphatic hydroxyl groups excluding tert-OH is 10. The van der Waals surface area contributed by atoms with Gasteiger partial charge in [0.2, 0.25) is 5.91 Å². The Morgan fingerprint density at radius 2 is 1.63 bits per heavy atom. The monoisotopic (exact) mass is 631 g/mol. The largest absolute Gasteiger partial charge is 0.477 e. The lowest BCUT2D eigenvalue weighted by Crippen LogP contribution is -2.67. The Bertz CT molecular complexity index is 944. The maximum Gasteiger partial charge on any atom is 0.364 e. The molecule has 12 N–H and O–H groups in total. The number of aliphatic carboxylic acids is 1. The van der Waals surface area contributed by atoms with Crippen LogP contribution in [0.25, 0.3) is 0 Å². The summed E-state index contributed by atoms with van der Waals surface area (Å²) in [5, 5.41) is 114. The molecular formula is C24H41NO18. The summed E-state index contributed by atoms with van der Waals surface area (Å²) in [7, 11) is 0. The second-order valence-electron chi connectivity index (χ2n) is 10.9. The molecule has 0 saturated carbocycles. The summed E-state index contributed by atoms with van der Waals surface area (Å²) in [5.41, 5.74) is 0. The topological polar surface area (TPSA) is 315 Å². The molecule has 19 nitrogen and oxygen atoms in total. The van der Waals surface area contributed by atoms with E-state index >= 15 is 0 Å². The number of carbonyl (C=O) groups excluding carboxylic acids is 1. The maximum atomic E-state index is 12.3. The number of hydrogen-bond acceptors (Lipinski definition) is 17. The molecular weight excluding hydrogens is 590 g/mol. The normalized spacial score (nSPS) is 45.3. The zero-order valence-corrected chi connectivity index (χ0v) is 23.3. The number of rotatable bonds is 11. The fourth-order valence-corrected chi connectivity index (χ4v) is 5.23. The average Bonchev–Trinajstić information content (AvgIpc) is 2.96. The van der Waals surface area contributed by atoms with E-state index in [1.54, 1.807) is 0 Å². The lowest BCUT2D eigenvalue weighted by molar-refractivity contribution is -0.359. The Kier molecular flexibility index (Phi) is 12.2. The second kappa shape index (κ2) is 14.6. The average molecular weight is 632 g/mol. The van der Waals surface area contributed by atoms with Crippen molar-refractivity contribution in [3.8, 4) is 0 Å². The first-order valence-electron chi connectivity index (χ1n) is 13.5. The van der Waals surface area contributed by atoms with Gasteiger partial charge in [-0.2, -0.15) is 0 Å². The van der Waals surface area contributed by atoms with Gasteiger partial charge >= 0.3 is 5.97 Å². The van der Waals surface area contributed by atoms with Crippen LogP contribution in [0.15, 0.2) is 0 Å². The molecule has 19 heteroatoms. The third-order valence-corrected chi connectivity index (χ3v) is 7.86. The van der Waals surface area contributed by atoms with Crippen molar-refractivity contribution in [3.63, 3.8) is 0 Å². The van der Waals surface area contributed by atoms with Crippen LogP contribution in [0.1, 0.15) is 20.3 Å². The van der Waals surface area contributed by atoms with Crippen molar-refractivity contribution >= 4 is 11.9 Å². The van der Waals surface area contributed by atoms with E-state index in [4.69, 9.17) is 23.7 Å². The van der Waals surface area contributed by atoms with Gasteiger partial charge in [-0.25, -0.2) is 4.79 Å². The Hall–Kier alpha value is -1.66. The number of amides is 1. The van der Waals surface area contributed by atoms with Crippen LogP contribution in [0.5, 0.6) is 0 Å². The molecule has 0 bridgehead atoms. The molecule has 43 heavy (non-hydrogen) atoms. The minimum atomic E-state index is -2.68. The number of ether oxygens (including phenoxy) is 5. The number of aliphatic hydroxyl groups is 10. The van der Waals surface area contributed by atoms with Gasteiger partial charge in [-0.05, 0) is 0 Å². The van der Waals surface area contributed by atoms with Gasteiger partial charge in [0.1, 0.15) is 61.0 Å². The van der Waals surface area contributed by atoms with E-state index in [9.17, 15) is 65.8 Å². The molecule has 5 unspecified atom stereocenters.